The van der Waals surface area contributed by atoms with Crippen molar-refractivity contribution >= 4 is 46.0 Å². The highest BCUT2D eigenvalue weighted by Crippen LogP contribution is 2.55. The standard InChI is InChI=1S/C46H65N5O14/c1-11-62-44(60)29(16-13-18-49-45(47)48)50-20-28-34-39(57)32-31(38(28)56)33-41(26(7)37(32)55)65-46(9,42(33)58)63-19-17-30(61-10)23(4)40(64-27(8)52)25(6)36(54)24(5)35(53)21(2)14-12-15-22(3)43(59)51-34/h12,14-15,17,19,21,23-25,29-30,35-36,40,50,53-57H,11,13,16,18,20H2,1-10H3,(H,51,59)(H4,47,48,49)/b14-12+,19-17+,22-15-/t21-,23+,24+,25+,29-,30-,35-,36+,40+,46-/m0/s1. The van der Waals surface area contributed by atoms with Crippen molar-refractivity contribution in [3.05, 3.63) is 52.8 Å². The minimum atomic E-state index is -2.12. The van der Waals surface area contributed by atoms with Gasteiger partial charge in [0.2, 0.25) is 0 Å². The number of aliphatic hydroxyl groups excluding tert-OH is 2. The van der Waals surface area contributed by atoms with Gasteiger partial charge < -0.3 is 71.3 Å². The van der Waals surface area contributed by atoms with Crippen LogP contribution in [0.5, 0.6) is 23.0 Å². The van der Waals surface area contributed by atoms with Crippen molar-refractivity contribution in [3.63, 3.8) is 0 Å². The first-order valence-electron chi connectivity index (χ1n) is 21.5. The van der Waals surface area contributed by atoms with Gasteiger partial charge in [-0.25, -0.2) is 0 Å². The summed E-state index contributed by atoms with van der Waals surface area (Å²) in [5.74, 6) is -9.84. The maximum Gasteiger partial charge on any atom is 0.323 e. The average molecular weight is 912 g/mol. The Labute approximate surface area is 378 Å². The Balaban J connectivity index is 1.96. The number of nitrogens with one attached hydrogen (secondary N) is 2. The number of amides is 1. The monoisotopic (exact) mass is 911 g/mol. The van der Waals surface area contributed by atoms with Crippen molar-refractivity contribution in [2.75, 3.05) is 25.6 Å². The van der Waals surface area contributed by atoms with Crippen LogP contribution in [0, 0.1) is 30.6 Å². The summed E-state index contributed by atoms with van der Waals surface area (Å²) in [6.45, 7) is 13.7. The van der Waals surface area contributed by atoms with Gasteiger partial charge in [-0.15, -0.1) is 0 Å². The molecule has 19 heteroatoms. The molecule has 0 radical (unpaired) electrons. The lowest BCUT2D eigenvalue weighted by Gasteiger charge is -2.38. The van der Waals surface area contributed by atoms with Crippen LogP contribution in [-0.4, -0.2) is 112 Å². The Morgan fingerprint density at radius 2 is 1.66 bits per heavy atom. The Morgan fingerprint density at radius 3 is 2.28 bits per heavy atom. The van der Waals surface area contributed by atoms with Crippen molar-refractivity contribution in [2.45, 2.75) is 118 Å². The fourth-order valence-electron chi connectivity index (χ4n) is 8.23. The highest BCUT2D eigenvalue weighted by atomic mass is 16.7. The van der Waals surface area contributed by atoms with Gasteiger partial charge in [-0.05, 0) is 39.7 Å². The molecule has 358 valence electrons. The van der Waals surface area contributed by atoms with E-state index in [0.717, 1.165) is 6.26 Å². The Hall–Kier alpha value is -5.89. The molecule has 3 aliphatic heterocycles. The van der Waals surface area contributed by atoms with Crippen LogP contribution in [0.3, 0.4) is 0 Å². The number of rotatable bonds is 11. The van der Waals surface area contributed by atoms with E-state index in [4.69, 9.17) is 35.2 Å². The summed E-state index contributed by atoms with van der Waals surface area (Å²) in [7, 11) is 1.41. The molecular formula is C46H65N5O14. The van der Waals surface area contributed by atoms with Gasteiger partial charge in [0.15, 0.2) is 11.7 Å². The van der Waals surface area contributed by atoms with Gasteiger partial charge in [0.05, 0.1) is 47.8 Å². The number of fused-ring (bicyclic) bond motifs is 14. The number of aliphatic hydroxyl groups is 2. The van der Waals surface area contributed by atoms with Crippen LogP contribution in [0.2, 0.25) is 0 Å². The van der Waals surface area contributed by atoms with Crippen LogP contribution >= 0.6 is 0 Å². The molecule has 0 aliphatic carbocycles. The summed E-state index contributed by atoms with van der Waals surface area (Å²) in [6.07, 6.45) is 3.70. The smallest absolute Gasteiger partial charge is 0.323 e. The van der Waals surface area contributed by atoms with Crippen molar-refractivity contribution < 1.29 is 68.4 Å². The van der Waals surface area contributed by atoms with Gasteiger partial charge in [0.25, 0.3) is 11.7 Å². The lowest BCUT2D eigenvalue weighted by molar-refractivity contribution is -0.160. The lowest BCUT2D eigenvalue weighted by atomic mass is 9.78. The molecule has 11 N–H and O–H groups in total. The second-order valence-corrected chi connectivity index (χ2v) is 16.8. The minimum absolute atomic E-state index is 0.00409. The first-order chi connectivity index (χ1) is 30.5. The third-order valence-electron chi connectivity index (χ3n) is 12.1. The molecule has 5 rings (SSSR count). The number of phenolic OH excluding ortho intramolecular Hbond substituents is 3. The zero-order chi connectivity index (χ0) is 48.7. The number of ketones is 1. The predicted octanol–water partition coefficient (Wildman–Crippen LogP) is 3.83. The number of benzene rings is 2. The number of Topliss-reactive ketones (excluding diaryl/α,β-unsaturated/α-hetero) is 1. The molecule has 19 nitrogen and oxygen atoms in total. The molecule has 5 bridgehead atoms. The van der Waals surface area contributed by atoms with E-state index in [1.165, 1.54) is 47.0 Å². The fraction of sp³-hybridized carbons (Fsp3) is 0.543. The van der Waals surface area contributed by atoms with Crippen LogP contribution in [-0.2, 0) is 39.9 Å². The van der Waals surface area contributed by atoms with Gasteiger partial charge in [0.1, 0.15) is 29.4 Å². The molecule has 0 spiro atoms. The third kappa shape index (κ3) is 11.3. The zero-order valence-electron chi connectivity index (χ0n) is 38.6. The van der Waals surface area contributed by atoms with Gasteiger partial charge in [-0.2, -0.15) is 0 Å². The van der Waals surface area contributed by atoms with Gasteiger partial charge in [0, 0.05) is 79.8 Å². The Morgan fingerprint density at radius 1 is 0.985 bits per heavy atom. The number of methoxy groups -OCH3 is 1. The molecule has 1 amide bonds. The van der Waals surface area contributed by atoms with Crippen LogP contribution < -0.4 is 26.8 Å². The fourth-order valence-corrected chi connectivity index (χ4v) is 8.23. The van der Waals surface area contributed by atoms with Crippen LogP contribution in [0.25, 0.3) is 10.8 Å². The molecule has 3 aliphatic rings. The number of carbonyl (C=O) groups is 4. The van der Waals surface area contributed by atoms with Crippen molar-refractivity contribution in [1.82, 2.24) is 5.32 Å². The highest BCUT2D eigenvalue weighted by Gasteiger charge is 2.50. The normalized spacial score (nSPS) is 28.6. The Bertz CT molecular complexity index is 2240. The summed E-state index contributed by atoms with van der Waals surface area (Å²) >= 11 is 0. The highest BCUT2D eigenvalue weighted by molar-refractivity contribution is 6.22. The average Bonchev–Trinajstić information content (AvgIpc) is 3.52. The van der Waals surface area contributed by atoms with E-state index in [1.54, 1.807) is 46.8 Å². The van der Waals surface area contributed by atoms with Gasteiger partial charge >= 0.3 is 17.7 Å². The first-order valence-corrected chi connectivity index (χ1v) is 21.5. The molecule has 3 heterocycles. The molecule has 65 heavy (non-hydrogen) atoms. The number of aromatic hydroxyl groups is 3. The number of phenols is 3. The number of anilines is 1. The topological polar surface area (TPSA) is 304 Å². The number of allylic oxidation sites excluding steroid dienone is 2. The van der Waals surface area contributed by atoms with Crippen molar-refractivity contribution in [2.24, 2.45) is 40.1 Å². The number of ether oxygens (including phenoxy) is 5. The summed E-state index contributed by atoms with van der Waals surface area (Å²) in [6, 6.07) is -1.00. The van der Waals surface area contributed by atoms with Crippen LogP contribution in [0.15, 0.2) is 41.1 Å². The number of hydrogen-bond acceptors (Lipinski definition) is 16. The van der Waals surface area contributed by atoms with E-state index >= 15 is 0 Å². The second-order valence-electron chi connectivity index (χ2n) is 16.8. The van der Waals surface area contributed by atoms with Gasteiger partial charge in [-0.3, -0.25) is 24.2 Å². The van der Waals surface area contributed by atoms with Gasteiger partial charge in [-0.1, -0.05) is 45.9 Å². The molecule has 0 saturated carbocycles. The second kappa shape index (κ2) is 21.9. The van der Waals surface area contributed by atoms with Crippen molar-refractivity contribution in [3.8, 4) is 23.0 Å². The third-order valence-corrected chi connectivity index (χ3v) is 12.1. The van der Waals surface area contributed by atoms with E-state index in [9.17, 15) is 44.7 Å². The Kier molecular flexibility index (Phi) is 17.4. The summed E-state index contributed by atoms with van der Waals surface area (Å²) in [5, 5.41) is 63.8. The lowest BCUT2D eigenvalue weighted by Crippen LogP contribution is -2.46. The largest absolute Gasteiger partial charge is 0.507 e. The summed E-state index contributed by atoms with van der Waals surface area (Å²) < 4.78 is 28.9. The molecule has 0 aromatic heterocycles. The molecule has 0 fully saturated rings. The molecular weight excluding hydrogens is 847 g/mol. The molecule has 2 aromatic carbocycles. The number of esters is 2. The van der Waals surface area contributed by atoms with Crippen LogP contribution in [0.4, 0.5) is 5.69 Å². The zero-order valence-corrected chi connectivity index (χ0v) is 38.6. The number of aliphatic imine (C=N–C) groups is 1. The van der Waals surface area contributed by atoms with E-state index in [0.29, 0.717) is 6.42 Å². The summed E-state index contributed by atoms with van der Waals surface area (Å²) in [4.78, 5) is 57.9. The van der Waals surface area contributed by atoms with E-state index in [-0.39, 0.29) is 70.0 Å². The predicted molar refractivity (Wildman–Crippen MR) is 241 cm³/mol. The quantitative estimate of drug-likeness (QED) is 0.0386. The summed E-state index contributed by atoms with van der Waals surface area (Å²) in [5.41, 5.74) is 10.3. The van der Waals surface area contributed by atoms with E-state index in [1.807, 2.05) is 0 Å². The number of nitrogens with two attached hydrogens (primary N) is 2. The molecule has 10 atom stereocenters. The maximum atomic E-state index is 14.6. The van der Waals surface area contributed by atoms with Crippen molar-refractivity contribution in [1.29, 1.82) is 0 Å². The van der Waals surface area contributed by atoms with E-state index < -0.39 is 107 Å². The number of nitrogens with zero attached hydrogens (tertiary/aromatic N) is 1. The molecule has 0 saturated heterocycles. The molecule has 0 unspecified atom stereocenters. The number of hydrogen-bond donors (Lipinski definition) is 9. The number of guanidine groups is 1. The molecule has 2 aromatic rings. The minimum Gasteiger partial charge on any atom is -0.507 e. The SMILES string of the molecule is CCOC(=O)[C@H](CCCN=C(N)N)NCc1c2c(O)c3c(O)c(C)c4c(c3c1O)C(=O)[C@@](C)(O/C=C/[C@H](OC)[C@@H](C)[C@@H](OC(C)=O)[C@H](C)[C@H](O)[C@H](C)[C@@H](O)[C@@H](C)/C=C/C=C(/C)C(=O)N2)O4. The number of carbonyl (C=O) groups excluding carboxylic acids is 4. The maximum absolute atomic E-state index is 14.6. The van der Waals surface area contributed by atoms with Crippen LogP contribution in [0.1, 0.15) is 89.7 Å². The van der Waals surface area contributed by atoms with E-state index in [2.05, 4.69) is 15.6 Å². The first kappa shape index (κ1) is 51.7.